The first-order chi connectivity index (χ1) is 4.63. The molecule has 0 aromatic heterocycles. The van der Waals surface area contributed by atoms with Crippen LogP contribution < -0.4 is 0 Å². The molecule has 0 saturated heterocycles. The highest BCUT2D eigenvalue weighted by atomic mass is 16.4. The van der Waals surface area contributed by atoms with Crippen LogP contribution in [-0.2, 0) is 4.79 Å². The molecule has 56 valence electrons. The van der Waals surface area contributed by atoms with Gasteiger partial charge in [0.05, 0.1) is 0 Å². The second-order valence-electron chi connectivity index (χ2n) is 2.08. The zero-order chi connectivity index (χ0) is 7.98. The Hall–Kier alpha value is -0.605. The van der Waals surface area contributed by atoms with Crippen LogP contribution in [0.4, 0.5) is 0 Å². The molecule has 0 atom stereocenters. The van der Waals surface area contributed by atoms with Gasteiger partial charge in [0.2, 0.25) is 0 Å². The third kappa shape index (κ3) is 7.39. The second kappa shape index (κ2) is 5.20. The highest BCUT2D eigenvalue weighted by molar-refractivity contribution is 6.47. The maximum atomic E-state index is 10.3. The molecule has 0 aromatic rings. The van der Waals surface area contributed by atoms with Gasteiger partial charge in [-0.25, -0.2) is 0 Å². The predicted octanol–water partition coefficient (Wildman–Crippen LogP) is -0.0762. The Kier molecular flexibility index (Phi) is 4.89. The molecule has 0 radical (unpaired) electrons. The zero-order valence-electron chi connectivity index (χ0n) is 5.95. The van der Waals surface area contributed by atoms with Gasteiger partial charge in [-0.1, -0.05) is 12.1 Å². The van der Waals surface area contributed by atoms with Crippen molar-refractivity contribution >= 4 is 12.9 Å². The van der Waals surface area contributed by atoms with Gasteiger partial charge >= 0.3 is 7.12 Å². The molecule has 0 rings (SSSR count). The van der Waals surface area contributed by atoms with Crippen LogP contribution in [-0.4, -0.2) is 22.9 Å². The minimum Gasteiger partial charge on any atom is -0.424 e. The van der Waals surface area contributed by atoms with E-state index in [1.165, 1.54) is 12.9 Å². The summed E-state index contributed by atoms with van der Waals surface area (Å²) < 4.78 is 0. The van der Waals surface area contributed by atoms with Crippen molar-refractivity contribution in [2.75, 3.05) is 0 Å². The van der Waals surface area contributed by atoms with Crippen LogP contribution in [0.2, 0.25) is 0 Å². The second-order valence-corrected chi connectivity index (χ2v) is 2.08. The third-order valence-corrected chi connectivity index (χ3v) is 0.971. The molecule has 3 nitrogen and oxygen atoms in total. The summed E-state index contributed by atoms with van der Waals surface area (Å²) in [6, 6.07) is 0. The van der Waals surface area contributed by atoms with Crippen molar-refractivity contribution in [3.8, 4) is 0 Å². The number of Topliss-reactive ketones (excluding diaryl/α,β-unsaturated/α-hetero) is 1. The first-order valence-corrected chi connectivity index (χ1v) is 3.15. The van der Waals surface area contributed by atoms with Crippen molar-refractivity contribution in [3.63, 3.8) is 0 Å². The minimum atomic E-state index is -1.40. The Balaban J connectivity index is 3.27. The van der Waals surface area contributed by atoms with Crippen LogP contribution in [0.1, 0.15) is 19.8 Å². The number of allylic oxidation sites excluding steroid dienone is 1. The predicted molar refractivity (Wildman–Crippen MR) is 39.2 cm³/mol. The SMILES string of the molecule is CC(=O)CC/C=C/B(O)O. The first kappa shape index (κ1) is 9.39. The van der Waals surface area contributed by atoms with Crippen LogP contribution >= 0.6 is 0 Å². The lowest BCUT2D eigenvalue weighted by Gasteiger charge is -1.87. The maximum absolute atomic E-state index is 10.3. The van der Waals surface area contributed by atoms with Crippen molar-refractivity contribution in [1.82, 2.24) is 0 Å². The molecule has 0 aromatic carbocycles. The molecule has 4 heteroatoms. The zero-order valence-corrected chi connectivity index (χ0v) is 5.95. The fraction of sp³-hybridized carbons (Fsp3) is 0.500. The van der Waals surface area contributed by atoms with E-state index < -0.39 is 7.12 Å². The van der Waals surface area contributed by atoms with Crippen molar-refractivity contribution in [2.24, 2.45) is 0 Å². The number of rotatable bonds is 4. The number of carbonyl (C=O) groups is 1. The molecular formula is C6H11BO3. The lowest BCUT2D eigenvalue weighted by molar-refractivity contribution is -0.116. The van der Waals surface area contributed by atoms with E-state index in [0.717, 1.165) is 0 Å². The van der Waals surface area contributed by atoms with Crippen LogP contribution in [0, 0.1) is 0 Å². The molecule has 0 amide bonds. The van der Waals surface area contributed by atoms with Crippen molar-refractivity contribution in [3.05, 3.63) is 12.1 Å². The molecule has 0 bridgehead atoms. The summed E-state index contributed by atoms with van der Waals surface area (Å²) in [5.41, 5.74) is 0. The molecule has 0 heterocycles. The van der Waals surface area contributed by atoms with Crippen LogP contribution in [0.15, 0.2) is 12.1 Å². The minimum absolute atomic E-state index is 0.108. The number of hydrogen-bond donors (Lipinski definition) is 2. The fourth-order valence-electron chi connectivity index (χ4n) is 0.505. The van der Waals surface area contributed by atoms with Gasteiger partial charge in [0.1, 0.15) is 5.78 Å². The molecule has 0 aliphatic carbocycles. The standard InChI is InChI=1S/C6H11BO3/c1-6(8)4-2-3-5-7(9)10/h3,5,9-10H,2,4H2,1H3/b5-3+. The summed E-state index contributed by atoms with van der Waals surface area (Å²) in [6.45, 7) is 1.50. The Bertz CT molecular complexity index is 131. The lowest BCUT2D eigenvalue weighted by atomic mass is 9.91. The molecule has 0 unspecified atom stereocenters. The largest absolute Gasteiger partial charge is 0.480 e. The van der Waals surface area contributed by atoms with Crippen LogP contribution in [0.25, 0.3) is 0 Å². The fourth-order valence-corrected chi connectivity index (χ4v) is 0.505. The van der Waals surface area contributed by atoms with Crippen molar-refractivity contribution in [2.45, 2.75) is 19.8 Å². The highest BCUT2D eigenvalue weighted by Crippen LogP contribution is 1.91. The average molecular weight is 142 g/mol. The van der Waals surface area contributed by atoms with Crippen LogP contribution in [0.5, 0.6) is 0 Å². The van der Waals surface area contributed by atoms with E-state index >= 15 is 0 Å². The topological polar surface area (TPSA) is 57.5 Å². The van der Waals surface area contributed by atoms with E-state index in [-0.39, 0.29) is 5.78 Å². The summed E-state index contributed by atoms with van der Waals surface area (Å²) in [4.78, 5) is 10.3. The summed E-state index contributed by atoms with van der Waals surface area (Å²) in [5, 5.41) is 16.6. The Morgan fingerprint density at radius 1 is 1.60 bits per heavy atom. The van der Waals surface area contributed by atoms with E-state index in [9.17, 15) is 4.79 Å². The van der Waals surface area contributed by atoms with E-state index in [1.54, 1.807) is 6.08 Å². The van der Waals surface area contributed by atoms with Crippen LogP contribution in [0.3, 0.4) is 0 Å². The number of ketones is 1. The van der Waals surface area contributed by atoms with Gasteiger partial charge < -0.3 is 14.8 Å². The van der Waals surface area contributed by atoms with E-state index in [0.29, 0.717) is 12.8 Å². The monoisotopic (exact) mass is 142 g/mol. The smallest absolute Gasteiger partial charge is 0.424 e. The number of carbonyl (C=O) groups excluding carboxylic acids is 1. The summed E-state index contributed by atoms with van der Waals surface area (Å²) in [5.74, 6) is 1.35. The quantitative estimate of drug-likeness (QED) is 0.540. The van der Waals surface area contributed by atoms with Gasteiger partial charge in [-0.3, -0.25) is 0 Å². The Morgan fingerprint density at radius 2 is 2.20 bits per heavy atom. The summed E-state index contributed by atoms with van der Waals surface area (Å²) in [7, 11) is -1.40. The van der Waals surface area contributed by atoms with E-state index in [2.05, 4.69) is 0 Å². The molecule has 0 fully saturated rings. The van der Waals surface area contributed by atoms with Gasteiger partial charge in [0.25, 0.3) is 0 Å². The van der Waals surface area contributed by atoms with E-state index in [1.807, 2.05) is 0 Å². The Labute approximate surface area is 60.5 Å². The van der Waals surface area contributed by atoms with Gasteiger partial charge in [0, 0.05) is 6.42 Å². The highest BCUT2D eigenvalue weighted by Gasteiger charge is 1.97. The van der Waals surface area contributed by atoms with Gasteiger partial charge in [-0.2, -0.15) is 0 Å². The molecule has 0 saturated carbocycles. The lowest BCUT2D eigenvalue weighted by Crippen LogP contribution is -2.05. The molecule has 0 aliphatic rings. The molecule has 2 N–H and O–H groups in total. The van der Waals surface area contributed by atoms with E-state index in [4.69, 9.17) is 10.0 Å². The Morgan fingerprint density at radius 3 is 2.60 bits per heavy atom. The van der Waals surface area contributed by atoms with Crippen molar-refractivity contribution < 1.29 is 14.8 Å². The first-order valence-electron chi connectivity index (χ1n) is 3.15. The maximum Gasteiger partial charge on any atom is 0.480 e. The van der Waals surface area contributed by atoms with Gasteiger partial charge in [0.15, 0.2) is 0 Å². The molecule has 10 heavy (non-hydrogen) atoms. The molecular weight excluding hydrogens is 131 g/mol. The molecule has 0 aliphatic heterocycles. The third-order valence-electron chi connectivity index (χ3n) is 0.971. The number of hydrogen-bond acceptors (Lipinski definition) is 3. The molecule has 0 spiro atoms. The normalized spacial score (nSPS) is 10.3. The van der Waals surface area contributed by atoms with Gasteiger partial charge in [-0.15, -0.1) is 0 Å². The van der Waals surface area contributed by atoms with Crippen molar-refractivity contribution in [1.29, 1.82) is 0 Å². The summed E-state index contributed by atoms with van der Waals surface area (Å²) >= 11 is 0. The summed E-state index contributed by atoms with van der Waals surface area (Å²) in [6.07, 6.45) is 2.61. The van der Waals surface area contributed by atoms with Gasteiger partial charge in [-0.05, 0) is 13.3 Å². The average Bonchev–Trinajstić information content (AvgIpc) is 1.79.